The van der Waals surface area contributed by atoms with Gasteiger partial charge in [0.05, 0.1) is 11.5 Å². The molecule has 96 valence electrons. The third-order valence-electron chi connectivity index (χ3n) is 3.82. The topological polar surface area (TPSA) is 27.0 Å². The van der Waals surface area contributed by atoms with Gasteiger partial charge in [-0.15, -0.1) is 0 Å². The molecule has 0 heterocycles. The molecule has 0 N–H and O–H groups in total. The first-order chi connectivity index (χ1) is 8.63. The first-order valence-electron chi connectivity index (χ1n) is 6.48. The van der Waals surface area contributed by atoms with Crippen LogP contribution in [0.25, 0.3) is 0 Å². The molecule has 18 heavy (non-hydrogen) atoms. The van der Waals surface area contributed by atoms with E-state index in [4.69, 9.17) is 11.6 Å². The second kappa shape index (κ2) is 5.73. The summed E-state index contributed by atoms with van der Waals surface area (Å²) in [5.41, 5.74) is 1.24. The molecular weight excluding hydrogens is 244 g/mol. The minimum atomic E-state index is -0.0608. The van der Waals surface area contributed by atoms with Crippen LogP contribution in [0.2, 0.25) is 5.02 Å². The Morgan fingerprint density at radius 3 is 2.50 bits per heavy atom. The van der Waals surface area contributed by atoms with Gasteiger partial charge >= 0.3 is 0 Å². The standard InChI is InChI=1S/C15H19ClN2/c1-18(12-15(11-17)8-2-9-15)10-7-13-3-5-14(16)6-4-13/h3-6H,2,7-10,12H2,1H3. The summed E-state index contributed by atoms with van der Waals surface area (Å²) < 4.78 is 0. The van der Waals surface area contributed by atoms with Crippen LogP contribution in [0.4, 0.5) is 0 Å². The number of nitriles is 1. The van der Waals surface area contributed by atoms with Gasteiger partial charge in [0, 0.05) is 18.1 Å². The van der Waals surface area contributed by atoms with Crippen molar-refractivity contribution in [3.63, 3.8) is 0 Å². The van der Waals surface area contributed by atoms with Crippen molar-refractivity contribution in [3.8, 4) is 6.07 Å². The zero-order valence-electron chi connectivity index (χ0n) is 10.8. The lowest BCUT2D eigenvalue weighted by molar-refractivity contribution is 0.139. The van der Waals surface area contributed by atoms with Crippen molar-refractivity contribution in [3.05, 3.63) is 34.9 Å². The van der Waals surface area contributed by atoms with E-state index in [9.17, 15) is 5.26 Å². The Morgan fingerprint density at radius 1 is 1.33 bits per heavy atom. The number of rotatable bonds is 5. The molecule has 1 aliphatic rings. The number of hydrogen-bond donors (Lipinski definition) is 0. The van der Waals surface area contributed by atoms with E-state index in [0.717, 1.165) is 37.4 Å². The van der Waals surface area contributed by atoms with Crippen LogP contribution in [0.1, 0.15) is 24.8 Å². The fourth-order valence-corrected chi connectivity index (χ4v) is 2.60. The molecule has 3 heteroatoms. The minimum Gasteiger partial charge on any atom is -0.304 e. The number of nitrogens with zero attached hydrogens (tertiary/aromatic N) is 2. The van der Waals surface area contributed by atoms with Gasteiger partial charge in [0.2, 0.25) is 0 Å². The van der Waals surface area contributed by atoms with Gasteiger partial charge < -0.3 is 4.90 Å². The maximum atomic E-state index is 9.21. The third-order valence-corrected chi connectivity index (χ3v) is 4.07. The zero-order chi connectivity index (χ0) is 13.0. The Balaban J connectivity index is 1.80. The maximum absolute atomic E-state index is 9.21. The molecule has 1 fully saturated rings. The Bertz CT molecular complexity index is 429. The summed E-state index contributed by atoms with van der Waals surface area (Å²) in [6.45, 7) is 1.89. The molecule has 0 amide bonds. The van der Waals surface area contributed by atoms with Crippen molar-refractivity contribution in [1.29, 1.82) is 5.26 Å². The first-order valence-corrected chi connectivity index (χ1v) is 6.86. The summed E-state index contributed by atoms with van der Waals surface area (Å²) in [5, 5.41) is 9.99. The second-order valence-corrected chi connectivity index (χ2v) is 5.80. The van der Waals surface area contributed by atoms with E-state index < -0.39 is 0 Å². The molecular formula is C15H19ClN2. The number of hydrogen-bond acceptors (Lipinski definition) is 2. The molecule has 0 atom stereocenters. The lowest BCUT2D eigenvalue weighted by Gasteiger charge is -2.38. The molecule has 0 saturated heterocycles. The van der Waals surface area contributed by atoms with Crippen LogP contribution in [0.3, 0.4) is 0 Å². The summed E-state index contributed by atoms with van der Waals surface area (Å²) >= 11 is 5.86. The van der Waals surface area contributed by atoms with Gasteiger partial charge in [-0.1, -0.05) is 30.2 Å². The lowest BCUT2D eigenvalue weighted by Crippen LogP contribution is -2.40. The molecule has 1 aromatic carbocycles. The average molecular weight is 263 g/mol. The van der Waals surface area contributed by atoms with Crippen LogP contribution < -0.4 is 0 Å². The molecule has 0 aliphatic heterocycles. The SMILES string of the molecule is CN(CCc1ccc(Cl)cc1)CC1(C#N)CCC1. The fourth-order valence-electron chi connectivity index (χ4n) is 2.48. The van der Waals surface area contributed by atoms with E-state index in [0.29, 0.717) is 0 Å². The monoisotopic (exact) mass is 262 g/mol. The maximum Gasteiger partial charge on any atom is 0.0703 e. The summed E-state index contributed by atoms with van der Waals surface area (Å²) in [7, 11) is 2.10. The molecule has 0 aromatic heterocycles. The quantitative estimate of drug-likeness (QED) is 0.812. The van der Waals surface area contributed by atoms with Crippen molar-refractivity contribution in [2.75, 3.05) is 20.1 Å². The summed E-state index contributed by atoms with van der Waals surface area (Å²) in [6, 6.07) is 10.5. The van der Waals surface area contributed by atoms with Crippen LogP contribution in [0, 0.1) is 16.7 Å². The predicted octanol–water partition coefficient (Wildman–Crippen LogP) is 3.51. The van der Waals surface area contributed by atoms with E-state index >= 15 is 0 Å². The number of halogens is 1. The van der Waals surface area contributed by atoms with Gasteiger partial charge in [0.15, 0.2) is 0 Å². The lowest BCUT2D eigenvalue weighted by atomic mass is 9.69. The molecule has 0 bridgehead atoms. The molecule has 1 aromatic rings. The second-order valence-electron chi connectivity index (χ2n) is 5.36. The van der Waals surface area contributed by atoms with E-state index in [1.807, 2.05) is 12.1 Å². The predicted molar refractivity (Wildman–Crippen MR) is 74.6 cm³/mol. The summed E-state index contributed by atoms with van der Waals surface area (Å²) in [6.07, 6.45) is 4.34. The Morgan fingerprint density at radius 2 is 2.00 bits per heavy atom. The summed E-state index contributed by atoms with van der Waals surface area (Å²) in [4.78, 5) is 2.27. The largest absolute Gasteiger partial charge is 0.304 e. The van der Waals surface area contributed by atoms with Crippen molar-refractivity contribution in [1.82, 2.24) is 4.90 Å². The van der Waals surface area contributed by atoms with Crippen LogP contribution in [0.5, 0.6) is 0 Å². The molecule has 2 rings (SSSR count). The molecule has 2 nitrogen and oxygen atoms in total. The molecule has 1 saturated carbocycles. The highest BCUT2D eigenvalue weighted by atomic mass is 35.5. The Kier molecular flexibility index (Phi) is 4.27. The average Bonchev–Trinajstić information content (AvgIpc) is 2.33. The van der Waals surface area contributed by atoms with E-state index in [-0.39, 0.29) is 5.41 Å². The molecule has 0 unspecified atom stereocenters. The van der Waals surface area contributed by atoms with Gasteiger partial charge in [-0.2, -0.15) is 5.26 Å². The zero-order valence-corrected chi connectivity index (χ0v) is 11.6. The van der Waals surface area contributed by atoms with Gasteiger partial charge in [-0.3, -0.25) is 0 Å². The van der Waals surface area contributed by atoms with E-state index in [1.54, 1.807) is 0 Å². The summed E-state index contributed by atoms with van der Waals surface area (Å²) in [5.74, 6) is 0. The van der Waals surface area contributed by atoms with Crippen LogP contribution >= 0.6 is 11.6 Å². The van der Waals surface area contributed by atoms with E-state index in [1.165, 1.54) is 12.0 Å². The highest BCUT2D eigenvalue weighted by molar-refractivity contribution is 6.30. The number of benzene rings is 1. The first kappa shape index (κ1) is 13.4. The highest BCUT2D eigenvalue weighted by Crippen LogP contribution is 2.40. The van der Waals surface area contributed by atoms with Crippen molar-refractivity contribution in [2.24, 2.45) is 5.41 Å². The fraction of sp³-hybridized carbons (Fsp3) is 0.533. The van der Waals surface area contributed by atoms with Crippen LogP contribution in [-0.2, 0) is 6.42 Å². The Labute approximate surface area is 114 Å². The molecule has 0 spiro atoms. The number of likely N-dealkylation sites (N-methyl/N-ethyl adjacent to an activating group) is 1. The van der Waals surface area contributed by atoms with E-state index in [2.05, 4.69) is 30.1 Å². The van der Waals surface area contributed by atoms with Crippen LogP contribution in [-0.4, -0.2) is 25.0 Å². The van der Waals surface area contributed by atoms with Crippen LogP contribution in [0.15, 0.2) is 24.3 Å². The van der Waals surface area contributed by atoms with Crippen molar-refractivity contribution < 1.29 is 0 Å². The highest BCUT2D eigenvalue weighted by Gasteiger charge is 2.37. The Hall–Kier alpha value is -1.04. The van der Waals surface area contributed by atoms with Gasteiger partial charge in [-0.25, -0.2) is 0 Å². The van der Waals surface area contributed by atoms with Gasteiger partial charge in [-0.05, 0) is 44.0 Å². The van der Waals surface area contributed by atoms with Gasteiger partial charge in [0.1, 0.15) is 0 Å². The van der Waals surface area contributed by atoms with Crippen molar-refractivity contribution >= 4 is 11.6 Å². The molecule has 0 radical (unpaired) electrons. The molecule has 1 aliphatic carbocycles. The normalized spacial score (nSPS) is 17.2. The third kappa shape index (κ3) is 3.25. The minimum absolute atomic E-state index is 0.0608. The van der Waals surface area contributed by atoms with Crippen molar-refractivity contribution in [2.45, 2.75) is 25.7 Å². The van der Waals surface area contributed by atoms with Gasteiger partial charge in [0.25, 0.3) is 0 Å². The smallest absolute Gasteiger partial charge is 0.0703 e.